The molecule has 5 N–H and O–H groups in total. The second-order valence-electron chi connectivity index (χ2n) is 10.3. The van der Waals surface area contributed by atoms with Crippen molar-refractivity contribution in [3.63, 3.8) is 0 Å². The summed E-state index contributed by atoms with van der Waals surface area (Å²) < 4.78 is 11.3. The number of carboxylic acid groups (broad SMARTS) is 1. The molecule has 1 aliphatic rings. The molecule has 0 aliphatic carbocycles. The zero-order valence-electron chi connectivity index (χ0n) is 24.3. The summed E-state index contributed by atoms with van der Waals surface area (Å²) in [6.45, 7) is 0.444. The van der Waals surface area contributed by atoms with Gasteiger partial charge in [0.1, 0.15) is 24.2 Å². The number of quaternary nitrogens is 1. The fourth-order valence-corrected chi connectivity index (χ4v) is 5.17. The van der Waals surface area contributed by atoms with Crippen LogP contribution in [0.5, 0.6) is 11.5 Å². The number of methoxy groups -OCH3 is 2. The highest BCUT2D eigenvalue weighted by Gasteiger charge is 2.39. The molecule has 0 amide bonds. The van der Waals surface area contributed by atoms with E-state index in [1.807, 2.05) is 55.6 Å². The number of carbonyl (C=O) groups excluding carboxylic acids is 1. The lowest BCUT2D eigenvalue weighted by Gasteiger charge is -2.34. The summed E-state index contributed by atoms with van der Waals surface area (Å²) in [6.07, 6.45) is 3.50. The van der Waals surface area contributed by atoms with Crippen molar-refractivity contribution in [2.24, 2.45) is 0 Å². The minimum atomic E-state index is -1.26. The lowest BCUT2D eigenvalue weighted by molar-refractivity contribution is -0.132. The van der Waals surface area contributed by atoms with Gasteiger partial charge in [0.2, 0.25) is 11.7 Å². The quantitative estimate of drug-likeness (QED) is 0.157. The van der Waals surface area contributed by atoms with E-state index in [1.54, 1.807) is 25.4 Å². The van der Waals surface area contributed by atoms with Crippen LogP contribution in [-0.2, 0) is 17.8 Å². The molecule has 224 valence electrons. The monoisotopic (exact) mass is 612 g/mol. The van der Waals surface area contributed by atoms with Crippen molar-refractivity contribution in [3.8, 4) is 23.3 Å². The Labute approximate surface area is 261 Å². The molecular weight excluding hydrogens is 582 g/mol. The van der Waals surface area contributed by atoms with Crippen LogP contribution >= 0.6 is 12.4 Å². The van der Waals surface area contributed by atoms with Crippen LogP contribution < -0.4 is 25.4 Å². The number of nitrogens with two attached hydrogens (primary N) is 2. The van der Waals surface area contributed by atoms with Crippen molar-refractivity contribution in [3.05, 3.63) is 112 Å². The van der Waals surface area contributed by atoms with Crippen LogP contribution in [0.1, 0.15) is 38.2 Å². The molecule has 0 spiro atoms. The Kier molecular flexibility index (Phi) is 9.23. The Morgan fingerprint density at radius 2 is 1.75 bits per heavy atom. The van der Waals surface area contributed by atoms with Crippen molar-refractivity contribution in [1.82, 2.24) is 14.5 Å². The molecule has 0 saturated carbocycles. The van der Waals surface area contributed by atoms with Crippen LogP contribution in [0.15, 0.2) is 78.6 Å². The van der Waals surface area contributed by atoms with Crippen molar-refractivity contribution in [1.29, 1.82) is 0 Å². The molecule has 3 aromatic carbocycles. The first-order valence-corrected chi connectivity index (χ1v) is 13.3. The predicted octanol–water partition coefficient (Wildman–Crippen LogP) is 4.37. The number of Topliss-reactive ketones (excluding diaryl/α,β-unsaturated/α-hetero) is 1. The third-order valence-corrected chi connectivity index (χ3v) is 7.23. The number of hydrogen-bond acceptors (Lipinski definition) is 8. The van der Waals surface area contributed by atoms with Gasteiger partial charge in [-0.25, -0.2) is 9.78 Å². The molecule has 5 rings (SSSR count). The SMILES string of the molecule is COc1cc(Cc2cnc(N)nc2N)cc(C#Cc2ccc3c(c2)[N+](C)(Cc2ccccc2)C=C(C(=O)O)C3=O)c1OC.Cl. The molecule has 0 bridgehead atoms. The number of rotatable bonds is 7. The number of aromatic nitrogens is 2. The average Bonchev–Trinajstić information content (AvgIpc) is 2.99. The first-order valence-electron chi connectivity index (χ1n) is 13.3. The van der Waals surface area contributed by atoms with Gasteiger partial charge in [0.25, 0.3) is 0 Å². The number of fused-ring (bicyclic) bond motifs is 1. The molecular formula is C33H31ClN5O5+. The summed E-state index contributed by atoms with van der Waals surface area (Å²) in [7, 11) is 4.96. The number of nitrogen functional groups attached to an aromatic ring is 2. The highest BCUT2D eigenvalue weighted by atomic mass is 35.5. The van der Waals surface area contributed by atoms with Crippen molar-refractivity contribution >= 4 is 41.6 Å². The summed E-state index contributed by atoms with van der Waals surface area (Å²) >= 11 is 0. The molecule has 1 aliphatic heterocycles. The van der Waals surface area contributed by atoms with Gasteiger partial charge in [0.05, 0.1) is 32.4 Å². The fourth-order valence-electron chi connectivity index (χ4n) is 5.17. The maximum atomic E-state index is 13.1. The zero-order valence-corrected chi connectivity index (χ0v) is 25.1. The molecule has 1 unspecified atom stereocenters. The van der Waals surface area contributed by atoms with Gasteiger partial charge in [0.15, 0.2) is 17.1 Å². The maximum absolute atomic E-state index is 13.1. The van der Waals surface area contributed by atoms with Crippen LogP contribution in [-0.4, -0.2) is 48.1 Å². The Bertz CT molecular complexity index is 1850. The number of hydrogen-bond donors (Lipinski definition) is 3. The molecule has 11 heteroatoms. The number of carbonyl (C=O) groups is 2. The summed E-state index contributed by atoms with van der Waals surface area (Å²) in [6, 6.07) is 18.6. The second-order valence-corrected chi connectivity index (χ2v) is 10.3. The zero-order chi connectivity index (χ0) is 30.7. The summed E-state index contributed by atoms with van der Waals surface area (Å²) in [5.41, 5.74) is 16.2. The van der Waals surface area contributed by atoms with Gasteiger partial charge in [-0.1, -0.05) is 42.2 Å². The number of carboxylic acids is 1. The van der Waals surface area contributed by atoms with Crippen molar-refractivity contribution in [2.45, 2.75) is 13.0 Å². The maximum Gasteiger partial charge on any atom is 0.345 e. The summed E-state index contributed by atoms with van der Waals surface area (Å²) in [5, 5.41) is 9.77. The van der Waals surface area contributed by atoms with E-state index >= 15 is 0 Å². The Morgan fingerprint density at radius 1 is 1.00 bits per heavy atom. The summed E-state index contributed by atoms with van der Waals surface area (Å²) in [5.74, 6) is 5.93. The number of nitrogens with zero attached hydrogens (tertiary/aromatic N) is 3. The summed E-state index contributed by atoms with van der Waals surface area (Å²) in [4.78, 5) is 33.2. The van der Waals surface area contributed by atoms with E-state index in [0.717, 1.165) is 11.1 Å². The number of halogens is 1. The standard InChI is InChI=1S/C33H29N5O5.ClH/c1-38(18-21-7-5-4-6-8-21)19-26(32(40)41)29(39)25-12-10-20(15-27(25)38)9-11-23-13-22(16-28(42-2)30(23)43-3)14-24-17-36-33(35)37-31(24)34;/h4-8,10,12-13,15-17,19H,14,18H2,1-3H3,(H4-,34,35,36,37,40,41);1H/p+1. The predicted molar refractivity (Wildman–Crippen MR) is 171 cm³/mol. The normalized spacial score (nSPS) is 15.2. The molecule has 1 atom stereocenters. The molecule has 0 saturated heterocycles. The van der Waals surface area contributed by atoms with Gasteiger partial charge >= 0.3 is 5.97 Å². The van der Waals surface area contributed by atoms with E-state index in [4.69, 9.17) is 20.9 Å². The van der Waals surface area contributed by atoms with Crippen LogP contribution in [0.25, 0.3) is 0 Å². The van der Waals surface area contributed by atoms with E-state index < -0.39 is 11.8 Å². The molecule has 2 heterocycles. The van der Waals surface area contributed by atoms with Gasteiger partial charge in [0, 0.05) is 35.4 Å². The van der Waals surface area contributed by atoms with E-state index in [1.165, 1.54) is 13.3 Å². The molecule has 4 aromatic rings. The minimum Gasteiger partial charge on any atom is -0.493 e. The molecule has 44 heavy (non-hydrogen) atoms. The van der Waals surface area contributed by atoms with Crippen molar-refractivity contribution < 1.29 is 24.2 Å². The van der Waals surface area contributed by atoms with E-state index in [-0.39, 0.29) is 34.2 Å². The van der Waals surface area contributed by atoms with E-state index in [2.05, 4.69) is 21.8 Å². The Morgan fingerprint density at radius 3 is 2.41 bits per heavy atom. The fraction of sp³-hybridized carbons (Fsp3) is 0.152. The Balaban J connectivity index is 0.00000442. The number of ether oxygens (including phenoxy) is 2. The average molecular weight is 613 g/mol. The van der Waals surface area contributed by atoms with Crippen LogP contribution in [0.4, 0.5) is 17.5 Å². The van der Waals surface area contributed by atoms with Gasteiger partial charge in [-0.05, 0) is 29.8 Å². The smallest absolute Gasteiger partial charge is 0.345 e. The molecule has 0 fully saturated rings. The lowest BCUT2D eigenvalue weighted by atomic mass is 9.94. The number of benzene rings is 3. The van der Waals surface area contributed by atoms with Gasteiger partial charge in [-0.15, -0.1) is 12.4 Å². The molecule has 1 aromatic heterocycles. The van der Waals surface area contributed by atoms with Gasteiger partial charge in [-0.3, -0.25) is 9.28 Å². The first-order chi connectivity index (χ1) is 20.6. The van der Waals surface area contributed by atoms with Crippen LogP contribution in [0.2, 0.25) is 0 Å². The number of anilines is 2. The van der Waals surface area contributed by atoms with Crippen LogP contribution in [0, 0.1) is 11.8 Å². The van der Waals surface area contributed by atoms with E-state index in [9.17, 15) is 14.7 Å². The third-order valence-electron chi connectivity index (χ3n) is 7.23. The van der Waals surface area contributed by atoms with Crippen molar-refractivity contribution in [2.75, 3.05) is 32.7 Å². The lowest BCUT2D eigenvalue weighted by Crippen LogP contribution is -2.44. The van der Waals surface area contributed by atoms with Gasteiger partial charge < -0.3 is 26.0 Å². The largest absolute Gasteiger partial charge is 0.493 e. The Hall–Kier alpha value is -5.37. The highest BCUT2D eigenvalue weighted by Crippen LogP contribution is 2.37. The van der Waals surface area contributed by atoms with E-state index in [0.29, 0.717) is 52.4 Å². The third kappa shape index (κ3) is 6.34. The molecule has 0 radical (unpaired) electrons. The number of ketones is 1. The molecule has 10 nitrogen and oxygen atoms in total. The first kappa shape index (κ1) is 31.6. The minimum absolute atomic E-state index is 0. The van der Waals surface area contributed by atoms with Crippen LogP contribution in [0.3, 0.4) is 0 Å². The highest BCUT2D eigenvalue weighted by molar-refractivity contribution is 6.26. The second kappa shape index (κ2) is 12.9. The van der Waals surface area contributed by atoms with Gasteiger partial charge in [-0.2, -0.15) is 4.98 Å². The number of aliphatic carboxylic acids is 1. The topological polar surface area (TPSA) is 151 Å².